The quantitative estimate of drug-likeness (QED) is 0.917. The molecule has 1 amide bonds. The lowest BCUT2D eigenvalue weighted by molar-refractivity contribution is -0.115. The smallest absolute Gasteiger partial charge is 0.230 e. The lowest BCUT2D eigenvalue weighted by atomic mass is 10.1. The molecule has 0 aliphatic heterocycles. The number of aryl methyl sites for hydroxylation is 1. The molecule has 1 aromatic heterocycles. The number of aromatic nitrogens is 1. The molecule has 5 heteroatoms. The fourth-order valence-corrected chi connectivity index (χ4v) is 1.96. The van der Waals surface area contributed by atoms with Crippen LogP contribution in [0.25, 0.3) is 0 Å². The molecule has 2 rings (SSSR count). The maximum Gasteiger partial charge on any atom is 0.230 e. The maximum absolute atomic E-state index is 12.1. The number of hydrogen-bond acceptors (Lipinski definition) is 4. The summed E-state index contributed by atoms with van der Waals surface area (Å²) in [5.41, 5.74) is 1.72. The van der Waals surface area contributed by atoms with Crippen molar-refractivity contribution >= 4 is 11.7 Å². The monoisotopic (exact) mass is 286 g/mol. The van der Waals surface area contributed by atoms with Gasteiger partial charge in [-0.25, -0.2) is 4.98 Å². The SMILES string of the molecule is COc1ccc(CC(=O)Nc2ncccc2C)c(OC)c1. The summed E-state index contributed by atoms with van der Waals surface area (Å²) in [6.45, 7) is 1.90. The van der Waals surface area contributed by atoms with E-state index in [1.54, 1.807) is 32.5 Å². The largest absolute Gasteiger partial charge is 0.497 e. The zero-order valence-corrected chi connectivity index (χ0v) is 12.3. The van der Waals surface area contributed by atoms with E-state index in [0.717, 1.165) is 11.1 Å². The number of nitrogens with one attached hydrogen (secondary N) is 1. The van der Waals surface area contributed by atoms with Gasteiger partial charge in [0, 0.05) is 17.8 Å². The van der Waals surface area contributed by atoms with Gasteiger partial charge in [0.05, 0.1) is 20.6 Å². The Balaban J connectivity index is 2.11. The molecule has 0 fully saturated rings. The molecule has 0 atom stereocenters. The summed E-state index contributed by atoms with van der Waals surface area (Å²) < 4.78 is 10.4. The van der Waals surface area contributed by atoms with E-state index in [9.17, 15) is 4.79 Å². The van der Waals surface area contributed by atoms with Gasteiger partial charge < -0.3 is 14.8 Å². The summed E-state index contributed by atoms with van der Waals surface area (Å²) in [5.74, 6) is 1.76. The number of rotatable bonds is 5. The summed E-state index contributed by atoms with van der Waals surface area (Å²) in [6.07, 6.45) is 1.86. The molecular weight excluding hydrogens is 268 g/mol. The molecule has 21 heavy (non-hydrogen) atoms. The molecule has 1 aromatic carbocycles. The van der Waals surface area contributed by atoms with E-state index in [1.165, 1.54) is 0 Å². The summed E-state index contributed by atoms with van der Waals surface area (Å²) in [7, 11) is 3.16. The van der Waals surface area contributed by atoms with Crippen LogP contribution >= 0.6 is 0 Å². The molecule has 0 saturated heterocycles. The van der Waals surface area contributed by atoms with E-state index in [0.29, 0.717) is 17.3 Å². The van der Waals surface area contributed by atoms with Gasteiger partial charge in [-0.3, -0.25) is 4.79 Å². The Morgan fingerprint density at radius 2 is 2.05 bits per heavy atom. The zero-order valence-electron chi connectivity index (χ0n) is 12.3. The standard InChI is InChI=1S/C16H18N2O3/c1-11-5-4-8-17-16(11)18-15(19)9-12-6-7-13(20-2)10-14(12)21-3/h4-8,10H,9H2,1-3H3,(H,17,18,19). The molecule has 0 unspecified atom stereocenters. The first-order chi connectivity index (χ1) is 10.1. The van der Waals surface area contributed by atoms with Gasteiger partial charge in [-0.05, 0) is 24.6 Å². The molecule has 0 aliphatic carbocycles. The number of carbonyl (C=O) groups excluding carboxylic acids is 1. The van der Waals surface area contributed by atoms with Gasteiger partial charge in [-0.1, -0.05) is 12.1 Å². The van der Waals surface area contributed by atoms with Crippen molar-refractivity contribution in [1.82, 2.24) is 4.98 Å². The van der Waals surface area contributed by atoms with E-state index in [2.05, 4.69) is 10.3 Å². The average Bonchev–Trinajstić information content (AvgIpc) is 2.50. The van der Waals surface area contributed by atoms with Gasteiger partial charge in [0.15, 0.2) is 0 Å². The number of benzene rings is 1. The number of anilines is 1. The van der Waals surface area contributed by atoms with Gasteiger partial charge in [0.2, 0.25) is 5.91 Å². The van der Waals surface area contributed by atoms with Crippen molar-refractivity contribution < 1.29 is 14.3 Å². The highest BCUT2D eigenvalue weighted by molar-refractivity contribution is 5.92. The van der Waals surface area contributed by atoms with Crippen molar-refractivity contribution in [2.24, 2.45) is 0 Å². The zero-order chi connectivity index (χ0) is 15.2. The van der Waals surface area contributed by atoms with Crippen LogP contribution in [-0.2, 0) is 11.2 Å². The van der Waals surface area contributed by atoms with Crippen LogP contribution < -0.4 is 14.8 Å². The topological polar surface area (TPSA) is 60.5 Å². The second kappa shape index (κ2) is 6.74. The summed E-state index contributed by atoms with van der Waals surface area (Å²) >= 11 is 0. The number of ether oxygens (including phenoxy) is 2. The Morgan fingerprint density at radius 1 is 1.24 bits per heavy atom. The predicted octanol–water partition coefficient (Wildman–Crippen LogP) is 2.59. The lowest BCUT2D eigenvalue weighted by Crippen LogP contribution is -2.16. The fraction of sp³-hybridized carbons (Fsp3) is 0.250. The van der Waals surface area contributed by atoms with Crippen LogP contribution in [0, 0.1) is 6.92 Å². The molecule has 0 aliphatic rings. The predicted molar refractivity (Wildman–Crippen MR) is 80.9 cm³/mol. The Bertz CT molecular complexity index is 641. The van der Waals surface area contributed by atoms with E-state index in [4.69, 9.17) is 9.47 Å². The third kappa shape index (κ3) is 3.72. The van der Waals surface area contributed by atoms with Crippen LogP contribution in [0.3, 0.4) is 0 Å². The van der Waals surface area contributed by atoms with Gasteiger partial charge in [-0.15, -0.1) is 0 Å². The van der Waals surface area contributed by atoms with E-state index in [1.807, 2.05) is 25.1 Å². The lowest BCUT2D eigenvalue weighted by Gasteiger charge is -2.11. The Hall–Kier alpha value is -2.56. The first kappa shape index (κ1) is 14.8. The van der Waals surface area contributed by atoms with Crippen molar-refractivity contribution in [3.63, 3.8) is 0 Å². The van der Waals surface area contributed by atoms with Crippen molar-refractivity contribution in [2.75, 3.05) is 19.5 Å². The number of nitrogens with zero attached hydrogens (tertiary/aromatic N) is 1. The minimum absolute atomic E-state index is 0.139. The molecule has 0 radical (unpaired) electrons. The number of pyridine rings is 1. The van der Waals surface area contributed by atoms with E-state index in [-0.39, 0.29) is 12.3 Å². The molecule has 1 heterocycles. The van der Waals surface area contributed by atoms with Crippen LogP contribution in [0.4, 0.5) is 5.82 Å². The van der Waals surface area contributed by atoms with Crippen LogP contribution in [0.1, 0.15) is 11.1 Å². The van der Waals surface area contributed by atoms with Crippen LogP contribution in [0.2, 0.25) is 0 Å². The summed E-state index contributed by atoms with van der Waals surface area (Å²) in [4.78, 5) is 16.3. The van der Waals surface area contributed by atoms with Crippen molar-refractivity contribution in [1.29, 1.82) is 0 Å². The summed E-state index contributed by atoms with van der Waals surface area (Å²) in [6, 6.07) is 9.11. The molecule has 5 nitrogen and oxygen atoms in total. The van der Waals surface area contributed by atoms with Crippen LogP contribution in [-0.4, -0.2) is 25.1 Å². The third-order valence-electron chi connectivity index (χ3n) is 3.11. The van der Waals surface area contributed by atoms with E-state index < -0.39 is 0 Å². The minimum Gasteiger partial charge on any atom is -0.497 e. The molecule has 0 saturated carbocycles. The van der Waals surface area contributed by atoms with Crippen molar-refractivity contribution in [2.45, 2.75) is 13.3 Å². The van der Waals surface area contributed by atoms with Gasteiger partial charge in [-0.2, -0.15) is 0 Å². The maximum atomic E-state index is 12.1. The first-order valence-corrected chi connectivity index (χ1v) is 6.56. The number of carbonyl (C=O) groups is 1. The number of hydrogen-bond donors (Lipinski definition) is 1. The van der Waals surface area contributed by atoms with Gasteiger partial charge in [0.1, 0.15) is 17.3 Å². The molecule has 110 valence electrons. The molecule has 1 N–H and O–H groups in total. The fourth-order valence-electron chi connectivity index (χ4n) is 1.96. The number of methoxy groups -OCH3 is 2. The summed E-state index contributed by atoms with van der Waals surface area (Å²) in [5, 5.41) is 2.80. The Morgan fingerprint density at radius 3 is 2.71 bits per heavy atom. The highest BCUT2D eigenvalue weighted by atomic mass is 16.5. The van der Waals surface area contributed by atoms with Crippen LogP contribution in [0.5, 0.6) is 11.5 Å². The van der Waals surface area contributed by atoms with Gasteiger partial charge >= 0.3 is 0 Å². The Kier molecular flexibility index (Phi) is 4.77. The average molecular weight is 286 g/mol. The third-order valence-corrected chi connectivity index (χ3v) is 3.11. The number of amides is 1. The highest BCUT2D eigenvalue weighted by Gasteiger charge is 2.11. The van der Waals surface area contributed by atoms with E-state index >= 15 is 0 Å². The highest BCUT2D eigenvalue weighted by Crippen LogP contribution is 2.25. The first-order valence-electron chi connectivity index (χ1n) is 6.56. The normalized spacial score (nSPS) is 10.0. The molecule has 0 bridgehead atoms. The molecular formula is C16H18N2O3. The molecule has 0 spiro atoms. The second-order valence-electron chi connectivity index (χ2n) is 4.57. The second-order valence-corrected chi connectivity index (χ2v) is 4.57. The van der Waals surface area contributed by atoms with Crippen molar-refractivity contribution in [3.05, 3.63) is 47.7 Å². The molecule has 2 aromatic rings. The minimum atomic E-state index is -0.139. The Labute approximate surface area is 123 Å². The van der Waals surface area contributed by atoms with Crippen LogP contribution in [0.15, 0.2) is 36.5 Å². The van der Waals surface area contributed by atoms with Gasteiger partial charge in [0.25, 0.3) is 0 Å². The van der Waals surface area contributed by atoms with Crippen molar-refractivity contribution in [3.8, 4) is 11.5 Å².